The van der Waals surface area contributed by atoms with Crippen LogP contribution in [0.3, 0.4) is 0 Å². The van der Waals surface area contributed by atoms with Crippen molar-refractivity contribution < 1.29 is 14.7 Å². The Morgan fingerprint density at radius 2 is 2.10 bits per heavy atom. The Kier molecular flexibility index (Phi) is 4.19. The normalized spacial score (nSPS) is 21.7. The van der Waals surface area contributed by atoms with Gasteiger partial charge in [-0.2, -0.15) is 0 Å². The van der Waals surface area contributed by atoms with Crippen LogP contribution in [0.15, 0.2) is 18.2 Å². The second-order valence-corrected chi connectivity index (χ2v) is 6.91. The lowest BCUT2D eigenvalue weighted by Gasteiger charge is -2.33. The monoisotopic (exact) mass is 305 g/mol. The number of aryl methyl sites for hydroxylation is 1. The maximum Gasteiger partial charge on any atom is 0.335 e. The molecule has 1 amide bonds. The van der Waals surface area contributed by atoms with Crippen LogP contribution in [0, 0.1) is 0 Å². The SMILES string of the molecule is O=C(O)c1ccc2c(c1)CCCN2C(=O)C1CCCCS1. The van der Waals surface area contributed by atoms with Crippen molar-refractivity contribution in [2.75, 3.05) is 17.2 Å². The van der Waals surface area contributed by atoms with Crippen LogP contribution in [0.1, 0.15) is 41.6 Å². The van der Waals surface area contributed by atoms with Crippen molar-refractivity contribution in [3.8, 4) is 0 Å². The van der Waals surface area contributed by atoms with Gasteiger partial charge in [-0.15, -0.1) is 11.8 Å². The number of carbonyl (C=O) groups excluding carboxylic acids is 1. The predicted molar refractivity (Wildman–Crippen MR) is 84.2 cm³/mol. The number of rotatable bonds is 2. The smallest absolute Gasteiger partial charge is 0.335 e. The van der Waals surface area contributed by atoms with Crippen LogP contribution >= 0.6 is 11.8 Å². The van der Waals surface area contributed by atoms with E-state index in [4.69, 9.17) is 5.11 Å². The number of carboxylic acid groups (broad SMARTS) is 1. The van der Waals surface area contributed by atoms with Gasteiger partial charge < -0.3 is 10.0 Å². The number of nitrogens with zero attached hydrogens (tertiary/aromatic N) is 1. The highest BCUT2D eigenvalue weighted by Gasteiger charge is 2.30. The van der Waals surface area contributed by atoms with Gasteiger partial charge in [0.25, 0.3) is 0 Å². The van der Waals surface area contributed by atoms with Crippen LogP contribution in [0.5, 0.6) is 0 Å². The van der Waals surface area contributed by atoms with E-state index in [1.807, 2.05) is 4.90 Å². The maximum atomic E-state index is 12.7. The third kappa shape index (κ3) is 2.93. The molecule has 3 rings (SSSR count). The van der Waals surface area contributed by atoms with Gasteiger partial charge in [0.1, 0.15) is 0 Å². The number of hydrogen-bond donors (Lipinski definition) is 1. The average Bonchev–Trinajstić information content (AvgIpc) is 2.54. The maximum absolute atomic E-state index is 12.7. The molecule has 1 saturated heterocycles. The van der Waals surface area contributed by atoms with Gasteiger partial charge >= 0.3 is 5.97 Å². The van der Waals surface area contributed by atoms with E-state index in [2.05, 4.69) is 0 Å². The fraction of sp³-hybridized carbons (Fsp3) is 0.500. The summed E-state index contributed by atoms with van der Waals surface area (Å²) in [7, 11) is 0. The van der Waals surface area contributed by atoms with Crippen molar-refractivity contribution in [2.24, 2.45) is 0 Å². The van der Waals surface area contributed by atoms with E-state index in [1.54, 1.807) is 30.0 Å². The molecule has 112 valence electrons. The molecule has 2 heterocycles. The van der Waals surface area contributed by atoms with E-state index in [9.17, 15) is 9.59 Å². The fourth-order valence-corrected chi connectivity index (χ4v) is 4.33. The largest absolute Gasteiger partial charge is 0.478 e. The Balaban J connectivity index is 1.86. The van der Waals surface area contributed by atoms with Crippen LogP contribution in [0.4, 0.5) is 5.69 Å². The van der Waals surface area contributed by atoms with Gasteiger partial charge in [-0.05, 0) is 55.2 Å². The second-order valence-electron chi connectivity index (χ2n) is 5.60. The summed E-state index contributed by atoms with van der Waals surface area (Å²) >= 11 is 1.76. The number of thioether (sulfide) groups is 1. The summed E-state index contributed by atoms with van der Waals surface area (Å²) in [5, 5.41) is 9.15. The quantitative estimate of drug-likeness (QED) is 0.912. The van der Waals surface area contributed by atoms with Gasteiger partial charge in [0, 0.05) is 12.2 Å². The standard InChI is InChI=1S/C16H19NO3S/c18-15(14-5-1-2-9-21-14)17-8-3-4-11-10-12(16(19)20)6-7-13(11)17/h6-7,10,14H,1-5,8-9H2,(H,19,20). The number of aromatic carboxylic acids is 1. The molecule has 1 fully saturated rings. The molecule has 2 aliphatic heterocycles. The molecule has 1 atom stereocenters. The molecular formula is C16H19NO3S. The predicted octanol–water partition coefficient (Wildman–Crippen LogP) is 2.95. The molecule has 4 nitrogen and oxygen atoms in total. The van der Waals surface area contributed by atoms with Gasteiger partial charge in [0.15, 0.2) is 0 Å². The summed E-state index contributed by atoms with van der Waals surface area (Å²) in [4.78, 5) is 25.7. The van der Waals surface area contributed by atoms with Crippen LogP contribution in [-0.2, 0) is 11.2 Å². The van der Waals surface area contributed by atoms with Crippen molar-refractivity contribution in [1.29, 1.82) is 0 Å². The number of hydrogen-bond acceptors (Lipinski definition) is 3. The lowest BCUT2D eigenvalue weighted by atomic mass is 9.98. The number of fused-ring (bicyclic) bond motifs is 1. The molecule has 1 aromatic rings. The van der Waals surface area contributed by atoms with Gasteiger partial charge in [-0.3, -0.25) is 4.79 Å². The van der Waals surface area contributed by atoms with Crippen molar-refractivity contribution in [2.45, 2.75) is 37.4 Å². The molecule has 21 heavy (non-hydrogen) atoms. The summed E-state index contributed by atoms with van der Waals surface area (Å²) in [5.41, 5.74) is 2.19. The number of amides is 1. The first-order valence-corrected chi connectivity index (χ1v) is 8.51. The zero-order valence-corrected chi connectivity index (χ0v) is 12.7. The van der Waals surface area contributed by atoms with E-state index in [0.717, 1.165) is 49.2 Å². The van der Waals surface area contributed by atoms with Crippen molar-refractivity contribution in [3.63, 3.8) is 0 Å². The van der Waals surface area contributed by atoms with Gasteiger partial charge in [0.05, 0.1) is 10.8 Å². The minimum atomic E-state index is -0.913. The molecule has 0 aliphatic carbocycles. The van der Waals surface area contributed by atoms with E-state index in [0.29, 0.717) is 5.56 Å². The molecule has 0 aromatic heterocycles. The Morgan fingerprint density at radius 1 is 1.24 bits per heavy atom. The first kappa shape index (κ1) is 14.4. The van der Waals surface area contributed by atoms with Gasteiger partial charge in [-0.25, -0.2) is 4.79 Å². The van der Waals surface area contributed by atoms with E-state index < -0.39 is 5.97 Å². The van der Waals surface area contributed by atoms with Crippen molar-refractivity contribution in [3.05, 3.63) is 29.3 Å². The first-order chi connectivity index (χ1) is 10.2. The molecule has 0 radical (unpaired) electrons. The summed E-state index contributed by atoms with van der Waals surface area (Å²) in [6, 6.07) is 5.11. The topological polar surface area (TPSA) is 57.6 Å². The molecule has 0 bridgehead atoms. The molecule has 1 unspecified atom stereocenters. The highest BCUT2D eigenvalue weighted by atomic mass is 32.2. The van der Waals surface area contributed by atoms with Gasteiger partial charge in [0.2, 0.25) is 5.91 Å². The zero-order chi connectivity index (χ0) is 14.8. The molecule has 0 saturated carbocycles. The first-order valence-electron chi connectivity index (χ1n) is 7.46. The molecule has 2 aliphatic rings. The number of carbonyl (C=O) groups is 2. The second kappa shape index (κ2) is 6.10. The number of benzene rings is 1. The lowest BCUT2D eigenvalue weighted by Crippen LogP contribution is -2.41. The minimum Gasteiger partial charge on any atom is -0.478 e. The highest BCUT2D eigenvalue weighted by molar-refractivity contribution is 8.00. The summed E-state index contributed by atoms with van der Waals surface area (Å²) in [6.45, 7) is 0.745. The Labute approximate surface area is 128 Å². The molecule has 1 aromatic carbocycles. The van der Waals surface area contributed by atoms with Crippen LogP contribution in [-0.4, -0.2) is 34.5 Å². The Bertz CT molecular complexity index is 567. The van der Waals surface area contributed by atoms with Crippen LogP contribution in [0.25, 0.3) is 0 Å². The zero-order valence-electron chi connectivity index (χ0n) is 11.9. The van der Waals surface area contributed by atoms with Crippen LogP contribution < -0.4 is 4.90 Å². The van der Waals surface area contributed by atoms with E-state index >= 15 is 0 Å². The van der Waals surface area contributed by atoms with Crippen molar-refractivity contribution >= 4 is 29.3 Å². The number of anilines is 1. The van der Waals surface area contributed by atoms with Crippen LogP contribution in [0.2, 0.25) is 0 Å². The summed E-state index contributed by atoms with van der Waals surface area (Å²) in [6.07, 6.45) is 5.04. The highest BCUT2D eigenvalue weighted by Crippen LogP contribution is 2.33. The fourth-order valence-electron chi connectivity index (χ4n) is 3.07. The number of carboxylic acids is 1. The average molecular weight is 305 g/mol. The summed E-state index contributed by atoms with van der Waals surface area (Å²) in [5.74, 6) is 0.350. The van der Waals surface area contributed by atoms with E-state index in [-0.39, 0.29) is 11.2 Å². The molecule has 5 heteroatoms. The Hall–Kier alpha value is -1.49. The molecular weight excluding hydrogens is 286 g/mol. The molecule has 1 N–H and O–H groups in total. The minimum absolute atomic E-state index is 0.0730. The molecule has 0 spiro atoms. The summed E-state index contributed by atoms with van der Waals surface area (Å²) < 4.78 is 0. The van der Waals surface area contributed by atoms with Gasteiger partial charge in [-0.1, -0.05) is 6.42 Å². The Morgan fingerprint density at radius 3 is 2.81 bits per heavy atom. The van der Waals surface area contributed by atoms with Crippen molar-refractivity contribution in [1.82, 2.24) is 0 Å². The lowest BCUT2D eigenvalue weighted by molar-refractivity contribution is -0.118. The third-order valence-electron chi connectivity index (χ3n) is 4.17. The third-order valence-corrected chi connectivity index (χ3v) is 5.53. The van der Waals surface area contributed by atoms with E-state index in [1.165, 1.54) is 6.42 Å².